The Balaban J connectivity index is 1.71. The molecule has 4 rings (SSSR count). The average molecular weight is 577 g/mol. The maximum absolute atomic E-state index is 14.1. The van der Waals surface area contributed by atoms with Crippen LogP contribution in [-0.4, -0.2) is 87.7 Å². The van der Waals surface area contributed by atoms with E-state index in [1.54, 1.807) is 19.2 Å². The molecule has 0 radical (unpaired) electrons. The molecule has 2 aromatic carbocycles. The van der Waals surface area contributed by atoms with E-state index in [1.807, 2.05) is 29.2 Å². The highest BCUT2D eigenvalue weighted by molar-refractivity contribution is 7.92. The number of sulfonamides is 1. The van der Waals surface area contributed by atoms with Crippen molar-refractivity contribution in [3.63, 3.8) is 0 Å². The van der Waals surface area contributed by atoms with Gasteiger partial charge >= 0.3 is 0 Å². The summed E-state index contributed by atoms with van der Waals surface area (Å²) < 4.78 is 32.8. The Morgan fingerprint density at radius 1 is 0.974 bits per heavy atom. The molecule has 0 N–H and O–H groups in total. The van der Waals surface area contributed by atoms with Crippen molar-refractivity contribution in [1.82, 2.24) is 14.7 Å². The predicted molar refractivity (Wildman–Crippen MR) is 157 cm³/mol. The zero-order valence-corrected chi connectivity index (χ0v) is 25.1. The predicted octanol–water partition coefficient (Wildman–Crippen LogP) is 4.47. The number of amides is 1. The van der Waals surface area contributed by atoms with E-state index in [0.717, 1.165) is 43.1 Å². The van der Waals surface area contributed by atoms with Crippen molar-refractivity contribution >= 4 is 33.2 Å². The fraction of sp³-hybridized carbons (Fsp3) is 0.552. The van der Waals surface area contributed by atoms with Crippen LogP contribution in [-0.2, 0) is 23.1 Å². The minimum atomic E-state index is -3.55. The van der Waals surface area contributed by atoms with E-state index < -0.39 is 10.0 Å². The molecule has 0 bridgehead atoms. The first-order valence-corrected chi connectivity index (χ1v) is 16.0. The number of ether oxygens (including phenoxy) is 1. The first-order valence-electron chi connectivity index (χ1n) is 13.8. The summed E-state index contributed by atoms with van der Waals surface area (Å²) in [6.07, 6.45) is 4.27. The van der Waals surface area contributed by atoms with Crippen LogP contribution < -0.4 is 9.04 Å². The molecule has 10 heteroatoms. The molecule has 0 spiro atoms. The zero-order valence-electron chi connectivity index (χ0n) is 23.5. The molecule has 2 aliphatic heterocycles. The molecule has 0 atom stereocenters. The lowest BCUT2D eigenvalue weighted by Crippen LogP contribution is -2.41. The quantitative estimate of drug-likeness (QED) is 0.505. The number of fused-ring (bicyclic) bond motifs is 1. The Bertz CT molecular complexity index is 1260. The maximum atomic E-state index is 14.1. The van der Waals surface area contributed by atoms with E-state index in [-0.39, 0.29) is 18.5 Å². The van der Waals surface area contributed by atoms with Gasteiger partial charge < -0.3 is 9.64 Å². The van der Waals surface area contributed by atoms with Crippen LogP contribution in [0.5, 0.6) is 5.75 Å². The van der Waals surface area contributed by atoms with Gasteiger partial charge in [0.25, 0.3) is 5.91 Å². The lowest BCUT2D eigenvalue weighted by molar-refractivity contribution is 0.0711. The van der Waals surface area contributed by atoms with Crippen LogP contribution in [0.15, 0.2) is 36.4 Å². The number of rotatable bonds is 6. The first kappa shape index (κ1) is 29.6. The average Bonchev–Trinajstić information content (AvgIpc) is 3.38. The van der Waals surface area contributed by atoms with Crippen molar-refractivity contribution in [2.24, 2.45) is 0 Å². The summed E-state index contributed by atoms with van der Waals surface area (Å²) >= 11 is 6.34. The van der Waals surface area contributed by atoms with E-state index in [2.05, 4.69) is 23.6 Å². The first-order chi connectivity index (χ1) is 18.6. The number of nitrogens with zero attached hydrogens (tertiary/aromatic N) is 4. The Morgan fingerprint density at radius 2 is 1.72 bits per heavy atom. The smallest absolute Gasteiger partial charge is 0.254 e. The maximum Gasteiger partial charge on any atom is 0.254 e. The van der Waals surface area contributed by atoms with Crippen molar-refractivity contribution in [2.75, 3.05) is 56.9 Å². The SMILES string of the molecule is COc1ccc(C(=O)N2CCN(C(C)C)CCCN(S(C)(=O)=O)c3cc(Cl)ccc3C2)cc1CN1CCCC1. The minimum Gasteiger partial charge on any atom is -0.496 e. The number of methoxy groups -OCH3 is 1. The van der Waals surface area contributed by atoms with Gasteiger partial charge in [-0.1, -0.05) is 17.7 Å². The number of carbonyl (C=O) groups excluding carboxylic acids is 1. The van der Waals surface area contributed by atoms with Crippen LogP contribution in [0.1, 0.15) is 54.6 Å². The summed E-state index contributed by atoms with van der Waals surface area (Å²) in [5, 5.41) is 0.459. The number of halogens is 1. The minimum absolute atomic E-state index is 0.0879. The molecule has 2 heterocycles. The summed E-state index contributed by atoms with van der Waals surface area (Å²) in [6, 6.07) is 11.2. The summed E-state index contributed by atoms with van der Waals surface area (Å²) in [5.41, 5.74) is 2.89. The Kier molecular flexibility index (Phi) is 9.80. The molecule has 2 aromatic rings. The summed E-state index contributed by atoms with van der Waals surface area (Å²) in [6.45, 7) is 9.67. The molecule has 0 unspecified atom stereocenters. The summed E-state index contributed by atoms with van der Waals surface area (Å²) in [4.78, 5) is 20.6. The molecule has 8 nitrogen and oxygen atoms in total. The van der Waals surface area contributed by atoms with Gasteiger partial charge in [-0.05, 0) is 82.1 Å². The van der Waals surface area contributed by atoms with Crippen LogP contribution in [0.3, 0.4) is 0 Å². The number of hydrogen-bond donors (Lipinski definition) is 0. The molecule has 0 aliphatic carbocycles. The van der Waals surface area contributed by atoms with E-state index in [4.69, 9.17) is 16.3 Å². The fourth-order valence-corrected chi connectivity index (χ4v) is 6.67. The van der Waals surface area contributed by atoms with Gasteiger partial charge in [0.05, 0.1) is 19.1 Å². The van der Waals surface area contributed by atoms with Gasteiger partial charge in [-0.2, -0.15) is 0 Å². The highest BCUT2D eigenvalue weighted by atomic mass is 35.5. The third-order valence-corrected chi connectivity index (χ3v) is 9.09. The molecular formula is C29H41ClN4O4S. The van der Waals surface area contributed by atoms with E-state index in [0.29, 0.717) is 42.3 Å². The number of carbonyl (C=O) groups is 1. The van der Waals surface area contributed by atoms with E-state index in [1.165, 1.54) is 23.4 Å². The van der Waals surface area contributed by atoms with Crippen LogP contribution in [0.2, 0.25) is 5.02 Å². The third kappa shape index (κ3) is 7.45. The number of benzene rings is 2. The van der Waals surface area contributed by atoms with Gasteiger partial charge in [-0.25, -0.2) is 8.42 Å². The van der Waals surface area contributed by atoms with Gasteiger partial charge in [0.2, 0.25) is 10.0 Å². The largest absolute Gasteiger partial charge is 0.496 e. The van der Waals surface area contributed by atoms with Gasteiger partial charge in [-0.3, -0.25) is 18.9 Å². The Morgan fingerprint density at radius 3 is 2.38 bits per heavy atom. The van der Waals surface area contributed by atoms with Crippen molar-refractivity contribution in [3.8, 4) is 5.75 Å². The highest BCUT2D eigenvalue weighted by Gasteiger charge is 2.26. The second-order valence-electron chi connectivity index (χ2n) is 10.8. The van der Waals surface area contributed by atoms with Gasteiger partial charge in [0.15, 0.2) is 0 Å². The number of hydrogen-bond acceptors (Lipinski definition) is 6. The highest BCUT2D eigenvalue weighted by Crippen LogP contribution is 2.30. The van der Waals surface area contributed by atoms with Gasteiger partial charge in [0, 0.05) is 61.5 Å². The molecule has 39 heavy (non-hydrogen) atoms. The van der Waals surface area contributed by atoms with Gasteiger partial charge in [0.1, 0.15) is 5.75 Å². The molecule has 1 fully saturated rings. The summed E-state index contributed by atoms with van der Waals surface area (Å²) in [7, 11) is -1.89. The fourth-order valence-electron chi connectivity index (χ4n) is 5.52. The molecule has 0 saturated carbocycles. The number of likely N-dealkylation sites (tertiary alicyclic amines) is 1. The van der Waals surface area contributed by atoms with Crippen molar-refractivity contribution in [2.45, 2.75) is 52.2 Å². The second kappa shape index (κ2) is 12.9. The Hall–Kier alpha value is -2.33. The van der Waals surface area contributed by atoms with E-state index >= 15 is 0 Å². The van der Waals surface area contributed by atoms with Crippen molar-refractivity contribution in [3.05, 3.63) is 58.1 Å². The lowest BCUT2D eigenvalue weighted by atomic mass is 10.1. The summed E-state index contributed by atoms with van der Waals surface area (Å²) in [5.74, 6) is 0.695. The van der Waals surface area contributed by atoms with Crippen LogP contribution in [0, 0.1) is 0 Å². The molecule has 0 aromatic heterocycles. The van der Waals surface area contributed by atoms with E-state index in [9.17, 15) is 13.2 Å². The van der Waals surface area contributed by atoms with Crippen LogP contribution in [0.25, 0.3) is 0 Å². The van der Waals surface area contributed by atoms with Crippen LogP contribution >= 0.6 is 11.6 Å². The molecule has 214 valence electrons. The standard InChI is InChI=1S/C29H41ClN4O4S/c1-22(2)32-14-7-15-34(39(4,36)37)27-19-26(30)10-8-24(27)21-33(17-16-32)29(35)23-9-11-28(38-3)25(18-23)20-31-12-5-6-13-31/h8-11,18-19,22H,5-7,12-17,20-21H2,1-4H3. The number of anilines is 1. The molecule has 1 amide bonds. The normalized spacial score (nSPS) is 18.2. The Labute approximate surface area is 238 Å². The monoisotopic (exact) mass is 576 g/mol. The van der Waals surface area contributed by atoms with Crippen molar-refractivity contribution < 1.29 is 17.9 Å². The third-order valence-electron chi connectivity index (χ3n) is 7.68. The van der Waals surface area contributed by atoms with Gasteiger partial charge in [-0.15, -0.1) is 0 Å². The topological polar surface area (TPSA) is 73.4 Å². The molecule has 1 saturated heterocycles. The second-order valence-corrected chi connectivity index (χ2v) is 13.2. The molecule has 2 aliphatic rings. The zero-order chi connectivity index (χ0) is 28.2. The molecular weight excluding hydrogens is 536 g/mol. The van der Waals surface area contributed by atoms with Crippen molar-refractivity contribution in [1.29, 1.82) is 0 Å². The lowest BCUT2D eigenvalue weighted by Gasteiger charge is -2.30. The van der Waals surface area contributed by atoms with Crippen LogP contribution in [0.4, 0.5) is 5.69 Å².